The normalized spacial score (nSPS) is 12.3. The first-order chi connectivity index (χ1) is 11.6. The minimum Gasteiger partial charge on any atom is -0.301 e. The molecule has 0 amide bonds. The van der Waals surface area contributed by atoms with Gasteiger partial charge in [0.2, 0.25) is 0 Å². The largest absolute Gasteiger partial charge is 0.301 e. The molecule has 5 heteroatoms. The molecule has 1 aliphatic heterocycles. The summed E-state index contributed by atoms with van der Waals surface area (Å²) in [6.07, 6.45) is 2.02. The van der Waals surface area contributed by atoms with Crippen LogP contribution in [0, 0.1) is 6.92 Å². The maximum Gasteiger partial charge on any atom is 0.159 e. The van der Waals surface area contributed by atoms with E-state index in [9.17, 15) is 4.79 Å². The molecule has 0 bridgehead atoms. The molecule has 0 fully saturated rings. The minimum atomic E-state index is 0. The first-order valence-corrected chi connectivity index (χ1v) is 7.94. The Morgan fingerprint density at radius 2 is 1.88 bits per heavy atom. The van der Waals surface area contributed by atoms with Crippen molar-refractivity contribution in [2.75, 3.05) is 0 Å². The van der Waals surface area contributed by atoms with Crippen LogP contribution >= 0.6 is 12.4 Å². The van der Waals surface area contributed by atoms with E-state index >= 15 is 0 Å². The van der Waals surface area contributed by atoms with Crippen LogP contribution in [0.15, 0.2) is 59.7 Å². The highest BCUT2D eigenvalue weighted by molar-refractivity contribution is 6.16. The van der Waals surface area contributed by atoms with Crippen LogP contribution in [0.3, 0.4) is 0 Å². The molecule has 126 valence electrons. The van der Waals surface area contributed by atoms with Gasteiger partial charge in [-0.25, -0.2) is 4.98 Å². The Morgan fingerprint density at radius 1 is 1.12 bits per heavy atom. The highest BCUT2D eigenvalue weighted by atomic mass is 35.5. The molecule has 2 heterocycles. The number of carbonyl (C=O) groups is 1. The molecule has 25 heavy (non-hydrogen) atoms. The van der Waals surface area contributed by atoms with E-state index in [1.165, 1.54) is 0 Å². The number of aromatic nitrogens is 2. The van der Waals surface area contributed by atoms with Gasteiger partial charge in [0, 0.05) is 22.9 Å². The molecule has 2 aromatic carbocycles. The fourth-order valence-electron chi connectivity index (χ4n) is 3.10. The minimum absolute atomic E-state index is 0. The SMILES string of the molecule is CC(=O)c1ccc2c(c1)C(c1ccccc1)=NCc1nc(C)cn1-2.Cl. The molecular formula is C20H18ClN3O. The van der Waals surface area contributed by atoms with Crippen molar-refractivity contribution in [2.45, 2.75) is 20.4 Å². The Hall–Kier alpha value is -2.72. The maximum absolute atomic E-state index is 11.9. The Balaban J connectivity index is 0.00000182. The van der Waals surface area contributed by atoms with E-state index < -0.39 is 0 Å². The van der Waals surface area contributed by atoms with E-state index in [0.29, 0.717) is 12.1 Å². The second kappa shape index (κ2) is 6.65. The summed E-state index contributed by atoms with van der Waals surface area (Å²) in [6, 6.07) is 15.9. The zero-order valence-corrected chi connectivity index (χ0v) is 14.9. The molecule has 1 aliphatic rings. The van der Waals surface area contributed by atoms with Gasteiger partial charge in [0.05, 0.1) is 23.6 Å². The number of ketones is 1. The molecule has 0 aliphatic carbocycles. The summed E-state index contributed by atoms with van der Waals surface area (Å²) in [7, 11) is 0. The molecule has 0 saturated heterocycles. The quantitative estimate of drug-likeness (QED) is 0.651. The summed E-state index contributed by atoms with van der Waals surface area (Å²) < 4.78 is 2.08. The van der Waals surface area contributed by atoms with Gasteiger partial charge in [-0.1, -0.05) is 30.3 Å². The molecule has 4 rings (SSSR count). The maximum atomic E-state index is 11.9. The molecule has 0 unspecified atom stereocenters. The van der Waals surface area contributed by atoms with Crippen LogP contribution in [-0.2, 0) is 6.54 Å². The summed E-state index contributed by atoms with van der Waals surface area (Å²) in [6.45, 7) is 4.08. The first kappa shape index (κ1) is 17.1. The van der Waals surface area contributed by atoms with Crippen molar-refractivity contribution >= 4 is 23.9 Å². The van der Waals surface area contributed by atoms with Gasteiger partial charge in [-0.2, -0.15) is 0 Å². The number of imidazole rings is 1. The predicted molar refractivity (Wildman–Crippen MR) is 101 cm³/mol. The van der Waals surface area contributed by atoms with Crippen LogP contribution in [0.25, 0.3) is 5.69 Å². The number of halogens is 1. The van der Waals surface area contributed by atoms with Gasteiger partial charge in [-0.15, -0.1) is 12.4 Å². The number of fused-ring (bicyclic) bond motifs is 3. The van der Waals surface area contributed by atoms with Crippen LogP contribution < -0.4 is 0 Å². The van der Waals surface area contributed by atoms with Gasteiger partial charge >= 0.3 is 0 Å². The average molecular weight is 352 g/mol. The zero-order valence-electron chi connectivity index (χ0n) is 14.1. The Kier molecular flexibility index (Phi) is 4.55. The van der Waals surface area contributed by atoms with Crippen molar-refractivity contribution in [1.29, 1.82) is 0 Å². The average Bonchev–Trinajstić information content (AvgIpc) is 2.89. The van der Waals surface area contributed by atoms with E-state index in [2.05, 4.69) is 9.55 Å². The third-order valence-corrected chi connectivity index (χ3v) is 4.24. The topological polar surface area (TPSA) is 47.2 Å². The van der Waals surface area contributed by atoms with Crippen molar-refractivity contribution in [3.8, 4) is 5.69 Å². The third-order valence-electron chi connectivity index (χ3n) is 4.24. The van der Waals surface area contributed by atoms with Gasteiger partial charge in [0.25, 0.3) is 0 Å². The molecule has 0 N–H and O–H groups in total. The number of benzene rings is 2. The lowest BCUT2D eigenvalue weighted by Gasteiger charge is -2.13. The summed E-state index contributed by atoms with van der Waals surface area (Å²) in [5.41, 5.74) is 5.57. The monoisotopic (exact) mass is 351 g/mol. The lowest BCUT2D eigenvalue weighted by molar-refractivity contribution is 0.101. The molecular weight excluding hydrogens is 334 g/mol. The fourth-order valence-corrected chi connectivity index (χ4v) is 3.10. The molecule has 0 atom stereocenters. The smallest absolute Gasteiger partial charge is 0.159 e. The van der Waals surface area contributed by atoms with Crippen molar-refractivity contribution in [2.24, 2.45) is 4.99 Å². The number of nitrogens with zero attached hydrogens (tertiary/aromatic N) is 3. The Morgan fingerprint density at radius 3 is 2.60 bits per heavy atom. The number of carbonyl (C=O) groups excluding carboxylic acids is 1. The Bertz CT molecular complexity index is 974. The van der Waals surface area contributed by atoms with E-state index in [4.69, 9.17) is 4.99 Å². The summed E-state index contributed by atoms with van der Waals surface area (Å²) in [5, 5.41) is 0. The summed E-state index contributed by atoms with van der Waals surface area (Å²) in [4.78, 5) is 21.2. The number of hydrogen-bond acceptors (Lipinski definition) is 3. The lowest BCUT2D eigenvalue weighted by atomic mass is 9.97. The van der Waals surface area contributed by atoms with Crippen molar-refractivity contribution < 1.29 is 4.79 Å². The number of hydrogen-bond donors (Lipinski definition) is 0. The predicted octanol–water partition coefficient (Wildman–Crippen LogP) is 4.16. The Labute approximate surface area is 152 Å². The fraction of sp³-hybridized carbons (Fsp3) is 0.150. The second-order valence-corrected chi connectivity index (χ2v) is 5.99. The van der Waals surface area contributed by atoms with E-state index in [-0.39, 0.29) is 18.2 Å². The van der Waals surface area contributed by atoms with Crippen LogP contribution in [0.4, 0.5) is 0 Å². The second-order valence-electron chi connectivity index (χ2n) is 5.99. The standard InChI is InChI=1S/C20H17N3O.ClH/c1-13-12-23-18-9-8-16(14(2)24)10-17(18)20(21-11-19(23)22-13)15-6-4-3-5-7-15;/h3-10,12H,11H2,1-2H3;1H. The van der Waals surface area contributed by atoms with Crippen molar-refractivity contribution in [3.05, 3.63) is 82.9 Å². The van der Waals surface area contributed by atoms with Crippen molar-refractivity contribution in [1.82, 2.24) is 9.55 Å². The van der Waals surface area contributed by atoms with Gasteiger partial charge < -0.3 is 4.57 Å². The number of aryl methyl sites for hydroxylation is 1. The van der Waals surface area contributed by atoms with Gasteiger partial charge in [0.1, 0.15) is 5.82 Å². The lowest BCUT2D eigenvalue weighted by Crippen LogP contribution is -2.08. The van der Waals surface area contributed by atoms with Gasteiger partial charge in [-0.05, 0) is 32.0 Å². The molecule has 1 aromatic heterocycles. The van der Waals surface area contributed by atoms with Crippen LogP contribution in [0.2, 0.25) is 0 Å². The summed E-state index contributed by atoms with van der Waals surface area (Å²) in [5.74, 6) is 0.965. The van der Waals surface area contributed by atoms with E-state index in [0.717, 1.165) is 34.0 Å². The number of rotatable bonds is 2. The molecule has 0 spiro atoms. The van der Waals surface area contributed by atoms with E-state index in [1.807, 2.05) is 61.7 Å². The zero-order chi connectivity index (χ0) is 16.7. The first-order valence-electron chi connectivity index (χ1n) is 7.94. The number of Topliss-reactive ketones (excluding diaryl/α,β-unsaturated/α-hetero) is 1. The van der Waals surface area contributed by atoms with Crippen molar-refractivity contribution in [3.63, 3.8) is 0 Å². The van der Waals surface area contributed by atoms with Crippen LogP contribution in [0.1, 0.15) is 39.9 Å². The van der Waals surface area contributed by atoms with Gasteiger partial charge in [0.15, 0.2) is 5.78 Å². The van der Waals surface area contributed by atoms with Crippen LogP contribution in [0.5, 0.6) is 0 Å². The molecule has 0 radical (unpaired) electrons. The molecule has 3 aromatic rings. The van der Waals surface area contributed by atoms with E-state index in [1.54, 1.807) is 6.92 Å². The highest BCUT2D eigenvalue weighted by Crippen LogP contribution is 2.26. The third kappa shape index (κ3) is 3.01. The molecule has 0 saturated carbocycles. The van der Waals surface area contributed by atoms with Gasteiger partial charge in [-0.3, -0.25) is 9.79 Å². The highest BCUT2D eigenvalue weighted by Gasteiger charge is 2.20. The van der Waals surface area contributed by atoms with Crippen LogP contribution in [-0.4, -0.2) is 21.0 Å². The molecule has 4 nitrogen and oxygen atoms in total. The summed E-state index contributed by atoms with van der Waals surface area (Å²) >= 11 is 0. The number of aliphatic imine (C=N–C) groups is 1.